The van der Waals surface area contributed by atoms with Gasteiger partial charge >= 0.3 is 12.1 Å². The molecule has 0 aliphatic rings. The van der Waals surface area contributed by atoms with E-state index < -0.39 is 23.4 Å². The fraction of sp³-hybridized carbons (Fsp3) is 0.364. The molecule has 1 unspecified atom stereocenters. The minimum absolute atomic E-state index is 0.0430. The number of carbonyl (C=O) groups is 2. The fourth-order valence-corrected chi connectivity index (χ4v) is 3.70. The molecule has 1 amide bonds. The van der Waals surface area contributed by atoms with Crippen LogP contribution in [0.1, 0.15) is 63.3 Å². The Bertz CT molecular complexity index is 1180. The molecule has 0 radical (unpaired) electrons. The third-order valence-electron chi connectivity index (χ3n) is 5.25. The van der Waals surface area contributed by atoms with Crippen molar-refractivity contribution >= 4 is 11.9 Å². The lowest BCUT2D eigenvalue weighted by Crippen LogP contribution is -2.27. The molecule has 0 saturated carbocycles. The molecule has 33 heavy (non-hydrogen) atoms. The molecule has 2 heterocycles. The predicted octanol–water partition coefficient (Wildman–Crippen LogP) is 3.91. The van der Waals surface area contributed by atoms with Crippen molar-refractivity contribution in [2.45, 2.75) is 39.9 Å². The van der Waals surface area contributed by atoms with Gasteiger partial charge in [-0.3, -0.25) is 9.48 Å². The first-order valence-electron chi connectivity index (χ1n) is 10.2. The molecule has 2 aromatic heterocycles. The molecular formula is C22H24F3N5O3. The SMILES string of the molecule is CCOC(=O)c1cnn(-c2ccc(C(=O)NC(C)c3c(C)nn(C)c3C)cc2)c1C(F)(F)F. The average molecular weight is 463 g/mol. The van der Waals surface area contributed by atoms with Crippen LogP contribution in [-0.4, -0.2) is 38.0 Å². The normalized spacial score (nSPS) is 12.5. The van der Waals surface area contributed by atoms with Crippen LogP contribution in [0, 0.1) is 13.8 Å². The largest absolute Gasteiger partial charge is 0.462 e. The smallest absolute Gasteiger partial charge is 0.434 e. The second-order valence-electron chi connectivity index (χ2n) is 7.49. The molecule has 1 atom stereocenters. The summed E-state index contributed by atoms with van der Waals surface area (Å²) in [5.74, 6) is -1.50. The number of nitrogens with one attached hydrogen (secondary N) is 1. The number of ether oxygens (including phenoxy) is 1. The van der Waals surface area contributed by atoms with Gasteiger partial charge in [-0.25, -0.2) is 9.48 Å². The van der Waals surface area contributed by atoms with Crippen molar-refractivity contribution in [2.75, 3.05) is 6.61 Å². The maximum absolute atomic E-state index is 13.7. The Hall–Kier alpha value is -3.63. The number of aromatic nitrogens is 4. The summed E-state index contributed by atoms with van der Waals surface area (Å²) in [5, 5.41) is 10.9. The van der Waals surface area contributed by atoms with Gasteiger partial charge in [-0.2, -0.15) is 23.4 Å². The molecule has 0 aliphatic heterocycles. The van der Waals surface area contributed by atoms with Gasteiger partial charge in [0.1, 0.15) is 5.56 Å². The molecule has 0 fully saturated rings. The fourth-order valence-electron chi connectivity index (χ4n) is 3.70. The Balaban J connectivity index is 1.86. The van der Waals surface area contributed by atoms with Gasteiger partial charge in [0.15, 0.2) is 5.69 Å². The van der Waals surface area contributed by atoms with Gasteiger partial charge in [0, 0.05) is 23.9 Å². The molecule has 3 rings (SSSR count). The first kappa shape index (κ1) is 24.0. The molecule has 0 saturated heterocycles. The topological polar surface area (TPSA) is 91.0 Å². The highest BCUT2D eigenvalue weighted by Crippen LogP contribution is 2.34. The van der Waals surface area contributed by atoms with Crippen LogP contribution in [0.15, 0.2) is 30.5 Å². The lowest BCUT2D eigenvalue weighted by Gasteiger charge is -2.15. The summed E-state index contributed by atoms with van der Waals surface area (Å²) in [5.41, 5.74) is 1.01. The molecule has 0 aliphatic carbocycles. The number of alkyl halides is 3. The first-order valence-corrected chi connectivity index (χ1v) is 10.2. The molecule has 11 heteroatoms. The first-order chi connectivity index (χ1) is 15.5. The lowest BCUT2D eigenvalue weighted by atomic mass is 10.1. The highest BCUT2D eigenvalue weighted by atomic mass is 19.4. The van der Waals surface area contributed by atoms with Crippen LogP contribution in [0.2, 0.25) is 0 Å². The quantitative estimate of drug-likeness (QED) is 0.560. The maximum atomic E-state index is 13.7. The number of benzene rings is 1. The standard InChI is InChI=1S/C22H24F3N5O3/c1-6-33-21(32)17-11-26-30(19(17)22(23,24)25)16-9-7-15(8-10-16)20(31)27-12(2)18-13(3)28-29(5)14(18)4/h7-12H,6H2,1-5H3,(H,27,31). The van der Waals surface area contributed by atoms with E-state index in [9.17, 15) is 22.8 Å². The summed E-state index contributed by atoms with van der Waals surface area (Å²) in [4.78, 5) is 24.6. The third-order valence-corrected chi connectivity index (χ3v) is 5.25. The summed E-state index contributed by atoms with van der Waals surface area (Å²) in [7, 11) is 1.82. The monoisotopic (exact) mass is 463 g/mol. The number of aryl methyl sites for hydroxylation is 2. The van der Waals surface area contributed by atoms with E-state index in [2.05, 4.69) is 15.5 Å². The summed E-state index contributed by atoms with van der Waals surface area (Å²) in [6.45, 7) is 7.02. The molecule has 176 valence electrons. The van der Waals surface area contributed by atoms with Crippen LogP contribution in [-0.2, 0) is 18.0 Å². The van der Waals surface area contributed by atoms with Crippen molar-refractivity contribution in [2.24, 2.45) is 7.05 Å². The van der Waals surface area contributed by atoms with Gasteiger partial charge in [-0.1, -0.05) is 0 Å². The van der Waals surface area contributed by atoms with Gasteiger partial charge in [0.05, 0.1) is 30.2 Å². The van der Waals surface area contributed by atoms with E-state index in [0.29, 0.717) is 4.68 Å². The number of nitrogens with zero attached hydrogens (tertiary/aromatic N) is 4. The number of hydrogen-bond acceptors (Lipinski definition) is 5. The summed E-state index contributed by atoms with van der Waals surface area (Å²) in [6, 6.07) is 5.13. The van der Waals surface area contributed by atoms with E-state index in [-0.39, 0.29) is 29.8 Å². The van der Waals surface area contributed by atoms with Gasteiger partial charge in [0.25, 0.3) is 5.91 Å². The van der Waals surface area contributed by atoms with Gasteiger partial charge < -0.3 is 10.1 Å². The Labute approximate surface area is 188 Å². The molecule has 1 N–H and O–H groups in total. The highest BCUT2D eigenvalue weighted by molar-refractivity contribution is 5.94. The highest BCUT2D eigenvalue weighted by Gasteiger charge is 2.41. The van der Waals surface area contributed by atoms with Crippen LogP contribution in [0.25, 0.3) is 5.69 Å². The average Bonchev–Trinajstić information content (AvgIpc) is 3.29. The number of esters is 1. The third kappa shape index (κ3) is 4.76. The number of hydrogen-bond donors (Lipinski definition) is 1. The van der Waals surface area contributed by atoms with Gasteiger partial charge in [0.2, 0.25) is 0 Å². The van der Waals surface area contributed by atoms with E-state index in [4.69, 9.17) is 4.74 Å². The van der Waals surface area contributed by atoms with Crippen molar-refractivity contribution in [3.63, 3.8) is 0 Å². The van der Waals surface area contributed by atoms with E-state index in [1.165, 1.54) is 31.2 Å². The molecule has 8 nitrogen and oxygen atoms in total. The Morgan fingerprint density at radius 1 is 1.18 bits per heavy atom. The van der Waals surface area contributed by atoms with Crippen molar-refractivity contribution in [1.29, 1.82) is 0 Å². The van der Waals surface area contributed by atoms with E-state index >= 15 is 0 Å². The van der Waals surface area contributed by atoms with Crippen LogP contribution in [0.5, 0.6) is 0 Å². The molecule has 3 aromatic rings. The molecule has 1 aromatic carbocycles. The zero-order chi connectivity index (χ0) is 24.5. The maximum Gasteiger partial charge on any atom is 0.434 e. The Morgan fingerprint density at radius 3 is 2.33 bits per heavy atom. The molecular weight excluding hydrogens is 439 g/mol. The molecule has 0 spiro atoms. The molecule has 0 bridgehead atoms. The minimum atomic E-state index is -4.84. The lowest BCUT2D eigenvalue weighted by molar-refractivity contribution is -0.143. The summed E-state index contributed by atoms with van der Waals surface area (Å²) in [6.07, 6.45) is -4.02. The number of carbonyl (C=O) groups excluding carboxylic acids is 2. The van der Waals surface area contributed by atoms with Crippen LogP contribution in [0.3, 0.4) is 0 Å². The minimum Gasteiger partial charge on any atom is -0.462 e. The number of rotatable bonds is 6. The Morgan fingerprint density at radius 2 is 1.82 bits per heavy atom. The number of amides is 1. The van der Waals surface area contributed by atoms with Crippen molar-refractivity contribution < 1.29 is 27.5 Å². The van der Waals surface area contributed by atoms with Crippen LogP contribution < -0.4 is 5.32 Å². The van der Waals surface area contributed by atoms with E-state index in [0.717, 1.165) is 23.1 Å². The van der Waals surface area contributed by atoms with E-state index in [1.807, 2.05) is 27.8 Å². The summed E-state index contributed by atoms with van der Waals surface area (Å²) >= 11 is 0. The van der Waals surface area contributed by atoms with E-state index in [1.54, 1.807) is 4.68 Å². The zero-order valence-electron chi connectivity index (χ0n) is 18.8. The van der Waals surface area contributed by atoms with Crippen molar-refractivity contribution in [3.05, 3.63) is 64.2 Å². The zero-order valence-corrected chi connectivity index (χ0v) is 18.8. The van der Waals surface area contributed by atoms with Gasteiger partial charge in [-0.05, 0) is 52.0 Å². The predicted molar refractivity (Wildman–Crippen MR) is 113 cm³/mol. The second kappa shape index (κ2) is 9.08. The van der Waals surface area contributed by atoms with Crippen LogP contribution in [0.4, 0.5) is 13.2 Å². The Kier molecular flexibility index (Phi) is 6.61. The second-order valence-corrected chi connectivity index (χ2v) is 7.49. The summed E-state index contributed by atoms with van der Waals surface area (Å²) < 4.78 is 48.0. The van der Waals surface area contributed by atoms with Crippen molar-refractivity contribution in [3.8, 4) is 5.69 Å². The number of halogens is 3. The van der Waals surface area contributed by atoms with Crippen molar-refractivity contribution in [1.82, 2.24) is 24.9 Å². The van der Waals surface area contributed by atoms with Gasteiger partial charge in [-0.15, -0.1) is 0 Å². The van der Waals surface area contributed by atoms with Crippen LogP contribution >= 0.6 is 0 Å².